The Morgan fingerprint density at radius 1 is 1.06 bits per heavy atom. The van der Waals surface area contributed by atoms with E-state index in [1.54, 1.807) is 0 Å². The second-order valence-electron chi connectivity index (χ2n) is 5.52. The molecule has 0 aromatic rings. The first-order valence-corrected chi connectivity index (χ1v) is 6.27. The molecule has 2 bridgehead atoms. The van der Waals surface area contributed by atoms with Crippen LogP contribution in [-0.4, -0.2) is 41.7 Å². The van der Waals surface area contributed by atoms with Gasteiger partial charge in [-0.2, -0.15) is 0 Å². The number of fused-ring (bicyclic) bond motifs is 1. The van der Waals surface area contributed by atoms with E-state index < -0.39 is 11.4 Å². The van der Waals surface area contributed by atoms with Gasteiger partial charge in [0.2, 0.25) is 11.8 Å². The van der Waals surface area contributed by atoms with Gasteiger partial charge in [-0.3, -0.25) is 19.4 Å². The second-order valence-corrected chi connectivity index (χ2v) is 5.52. The first-order valence-electron chi connectivity index (χ1n) is 6.27. The molecule has 4 amide bonds. The predicted octanol–water partition coefficient (Wildman–Crippen LogP) is 1.01. The third-order valence-corrected chi connectivity index (χ3v) is 4.63. The number of nitrogens with zero attached hydrogens (tertiary/aromatic N) is 2. The first kappa shape index (κ1) is 11.4. The molecule has 0 N–H and O–H groups in total. The molecule has 96 valence electrons. The average molecular weight is 248 g/mol. The minimum atomic E-state index is -1.02. The van der Waals surface area contributed by atoms with E-state index in [9.17, 15) is 14.4 Å². The Labute approximate surface area is 105 Å². The van der Waals surface area contributed by atoms with Crippen LogP contribution >= 0.6 is 0 Å². The summed E-state index contributed by atoms with van der Waals surface area (Å²) < 4.78 is 0. The number of allylic oxidation sites excluding steroid dienone is 2. The molecule has 4 rings (SSSR count). The third kappa shape index (κ3) is 1.14. The van der Waals surface area contributed by atoms with Crippen molar-refractivity contribution in [1.29, 1.82) is 0 Å². The van der Waals surface area contributed by atoms with Crippen molar-refractivity contribution in [2.45, 2.75) is 19.3 Å². The molecule has 1 spiro atoms. The van der Waals surface area contributed by atoms with Crippen molar-refractivity contribution in [2.24, 2.45) is 17.3 Å². The minimum Gasteiger partial charge on any atom is -0.273 e. The van der Waals surface area contributed by atoms with Gasteiger partial charge in [-0.1, -0.05) is 12.2 Å². The van der Waals surface area contributed by atoms with E-state index in [0.717, 1.165) is 22.6 Å². The lowest BCUT2D eigenvalue weighted by molar-refractivity contribution is -0.164. The lowest BCUT2D eigenvalue weighted by Gasteiger charge is -2.50. The van der Waals surface area contributed by atoms with Gasteiger partial charge in [0.05, 0.1) is 0 Å². The molecule has 5 heteroatoms. The van der Waals surface area contributed by atoms with Gasteiger partial charge in [-0.25, -0.2) is 4.79 Å². The minimum absolute atomic E-state index is 0.0551. The van der Waals surface area contributed by atoms with E-state index in [0.29, 0.717) is 6.42 Å². The van der Waals surface area contributed by atoms with E-state index >= 15 is 0 Å². The van der Waals surface area contributed by atoms with Crippen molar-refractivity contribution in [1.82, 2.24) is 9.80 Å². The summed E-state index contributed by atoms with van der Waals surface area (Å²) in [5.74, 6) is -0.414. The smallest absolute Gasteiger partial charge is 0.273 e. The highest BCUT2D eigenvalue weighted by molar-refractivity contribution is 6.19. The number of urea groups is 1. The van der Waals surface area contributed by atoms with Crippen molar-refractivity contribution in [3.8, 4) is 0 Å². The van der Waals surface area contributed by atoms with Crippen LogP contribution in [0.4, 0.5) is 4.79 Å². The summed E-state index contributed by atoms with van der Waals surface area (Å²) >= 11 is 0. The summed E-state index contributed by atoms with van der Waals surface area (Å²) in [6.45, 7) is 0. The van der Waals surface area contributed by atoms with Gasteiger partial charge in [-0.15, -0.1) is 0 Å². The summed E-state index contributed by atoms with van der Waals surface area (Å²) in [5, 5.41) is 0. The summed E-state index contributed by atoms with van der Waals surface area (Å²) in [6, 6.07) is -0.527. The molecule has 3 aliphatic carbocycles. The maximum Gasteiger partial charge on any atom is 0.332 e. The molecule has 1 saturated carbocycles. The normalized spacial score (nSPS) is 33.8. The predicted molar refractivity (Wildman–Crippen MR) is 63.3 cm³/mol. The summed E-state index contributed by atoms with van der Waals surface area (Å²) in [7, 11) is 2.92. The number of hydrogen-bond donors (Lipinski definition) is 0. The number of hydrogen-bond acceptors (Lipinski definition) is 3. The molecule has 0 aromatic carbocycles. The quantitative estimate of drug-likeness (QED) is 0.475. The Hall–Kier alpha value is -1.65. The van der Waals surface area contributed by atoms with Crippen molar-refractivity contribution < 1.29 is 14.4 Å². The van der Waals surface area contributed by atoms with Crippen molar-refractivity contribution in [3.05, 3.63) is 12.2 Å². The number of amides is 4. The molecule has 0 radical (unpaired) electrons. The molecule has 2 atom stereocenters. The summed E-state index contributed by atoms with van der Waals surface area (Å²) in [5.41, 5.74) is -1.02. The summed E-state index contributed by atoms with van der Waals surface area (Å²) in [6.07, 6.45) is 6.54. The Kier molecular flexibility index (Phi) is 2.18. The van der Waals surface area contributed by atoms with E-state index in [1.807, 2.05) is 6.08 Å². The van der Waals surface area contributed by atoms with Gasteiger partial charge in [0.25, 0.3) is 0 Å². The zero-order valence-electron chi connectivity index (χ0n) is 10.5. The molecule has 2 fully saturated rings. The van der Waals surface area contributed by atoms with Gasteiger partial charge < -0.3 is 0 Å². The Morgan fingerprint density at radius 3 is 2.06 bits per heavy atom. The molecule has 5 nitrogen and oxygen atoms in total. The van der Waals surface area contributed by atoms with E-state index in [-0.39, 0.29) is 23.7 Å². The highest BCUT2D eigenvalue weighted by Gasteiger charge is 2.61. The molecule has 0 aromatic heterocycles. The molecule has 4 aliphatic rings. The van der Waals surface area contributed by atoms with Crippen LogP contribution in [0.15, 0.2) is 12.2 Å². The first-order chi connectivity index (χ1) is 8.48. The van der Waals surface area contributed by atoms with Gasteiger partial charge >= 0.3 is 6.03 Å². The maximum atomic E-state index is 12.5. The zero-order chi connectivity index (χ0) is 13.1. The molecule has 18 heavy (non-hydrogen) atoms. The average Bonchev–Trinajstić information content (AvgIpc) is 2.42. The lowest BCUT2D eigenvalue weighted by Crippen LogP contribution is -2.66. The molecular weight excluding hydrogens is 232 g/mol. The van der Waals surface area contributed by atoms with Crippen LogP contribution in [0.3, 0.4) is 0 Å². The molecule has 2 unspecified atom stereocenters. The van der Waals surface area contributed by atoms with Gasteiger partial charge in [0, 0.05) is 20.0 Å². The van der Waals surface area contributed by atoms with Crippen LogP contribution in [0.1, 0.15) is 19.3 Å². The molecule has 1 heterocycles. The lowest BCUT2D eigenvalue weighted by atomic mass is 9.57. The van der Waals surface area contributed by atoms with Crippen molar-refractivity contribution in [3.63, 3.8) is 0 Å². The zero-order valence-corrected chi connectivity index (χ0v) is 10.5. The monoisotopic (exact) mass is 248 g/mol. The third-order valence-electron chi connectivity index (χ3n) is 4.63. The Bertz CT molecular complexity index is 459. The maximum absolute atomic E-state index is 12.5. The number of imide groups is 2. The molecule has 1 aliphatic heterocycles. The van der Waals surface area contributed by atoms with Gasteiger partial charge in [-0.05, 0) is 25.2 Å². The van der Waals surface area contributed by atoms with Crippen LogP contribution in [0.5, 0.6) is 0 Å². The van der Waals surface area contributed by atoms with Crippen LogP contribution < -0.4 is 0 Å². The van der Waals surface area contributed by atoms with Crippen LogP contribution in [0.25, 0.3) is 0 Å². The SMILES string of the molecule is CN1C(=O)N(C)C(=O)C2(CC3C=CC2CC3)C1=O. The number of carbonyl (C=O) groups excluding carboxylic acids is 3. The van der Waals surface area contributed by atoms with E-state index in [4.69, 9.17) is 0 Å². The van der Waals surface area contributed by atoms with Gasteiger partial charge in [0.1, 0.15) is 5.41 Å². The Balaban J connectivity index is 2.10. The number of carbonyl (C=O) groups is 3. The van der Waals surface area contributed by atoms with Gasteiger partial charge in [0.15, 0.2) is 0 Å². The second kappa shape index (κ2) is 3.43. The van der Waals surface area contributed by atoms with E-state index in [1.165, 1.54) is 14.1 Å². The highest BCUT2D eigenvalue weighted by Crippen LogP contribution is 2.52. The fourth-order valence-corrected chi connectivity index (χ4v) is 3.60. The molecule has 1 saturated heterocycles. The molecular formula is C13H16N2O3. The standard InChI is InChI=1S/C13H16N2O3/c1-14-10(16)13(11(17)15(2)12(14)18)7-8-3-5-9(13)6-4-8/h3,5,8-9H,4,6-7H2,1-2H3. The van der Waals surface area contributed by atoms with Crippen molar-refractivity contribution in [2.75, 3.05) is 14.1 Å². The van der Waals surface area contributed by atoms with Crippen molar-refractivity contribution >= 4 is 17.8 Å². The largest absolute Gasteiger partial charge is 0.332 e. The fourth-order valence-electron chi connectivity index (χ4n) is 3.60. The number of barbiturate groups is 1. The van der Waals surface area contributed by atoms with E-state index in [2.05, 4.69) is 6.08 Å². The Morgan fingerprint density at radius 2 is 1.67 bits per heavy atom. The number of rotatable bonds is 0. The van der Waals surface area contributed by atoms with Crippen LogP contribution in [0.2, 0.25) is 0 Å². The van der Waals surface area contributed by atoms with Crippen LogP contribution in [-0.2, 0) is 9.59 Å². The highest BCUT2D eigenvalue weighted by atomic mass is 16.2. The van der Waals surface area contributed by atoms with Crippen LogP contribution in [0, 0.1) is 17.3 Å². The fraction of sp³-hybridized carbons (Fsp3) is 0.615. The topological polar surface area (TPSA) is 57.7 Å². The summed E-state index contributed by atoms with van der Waals surface area (Å²) in [4.78, 5) is 38.9.